The molecule has 0 amide bonds. The molecule has 0 unspecified atom stereocenters. The molecule has 0 bridgehead atoms. The summed E-state index contributed by atoms with van der Waals surface area (Å²) in [4.78, 5) is 0. The molecule has 0 radical (unpaired) electrons. The standard InChI is InChI=1S/C15H15N5/c1-10-4-3-5-13(8-10)20-15(17-18-19-20)14-9-12(16)7-6-11(14)2/h3-9H,16H2,1-2H3. The van der Waals surface area contributed by atoms with E-state index in [0.717, 1.165) is 22.4 Å². The van der Waals surface area contributed by atoms with Crippen LogP contribution in [0.2, 0.25) is 0 Å². The molecule has 0 aliphatic heterocycles. The minimum absolute atomic E-state index is 0.695. The van der Waals surface area contributed by atoms with Gasteiger partial charge in [0.05, 0.1) is 5.69 Å². The summed E-state index contributed by atoms with van der Waals surface area (Å²) >= 11 is 0. The van der Waals surface area contributed by atoms with Gasteiger partial charge in [-0.1, -0.05) is 18.2 Å². The second-order valence-corrected chi connectivity index (χ2v) is 4.83. The summed E-state index contributed by atoms with van der Waals surface area (Å²) in [5, 5.41) is 12.0. The van der Waals surface area contributed by atoms with Crippen LogP contribution in [-0.2, 0) is 0 Å². The molecule has 0 saturated carbocycles. The molecule has 2 N–H and O–H groups in total. The average Bonchev–Trinajstić information content (AvgIpc) is 2.90. The predicted octanol–water partition coefficient (Wildman–Crippen LogP) is 2.53. The molecule has 0 atom stereocenters. The van der Waals surface area contributed by atoms with Gasteiger partial charge in [0.15, 0.2) is 5.82 Å². The highest BCUT2D eigenvalue weighted by Crippen LogP contribution is 2.25. The van der Waals surface area contributed by atoms with Crippen LogP contribution in [0.25, 0.3) is 17.1 Å². The molecule has 0 fully saturated rings. The third-order valence-electron chi connectivity index (χ3n) is 3.22. The molecule has 1 heterocycles. The highest BCUT2D eigenvalue weighted by Gasteiger charge is 2.13. The Hall–Kier alpha value is -2.69. The fourth-order valence-corrected chi connectivity index (χ4v) is 2.17. The van der Waals surface area contributed by atoms with Crippen molar-refractivity contribution in [2.45, 2.75) is 13.8 Å². The van der Waals surface area contributed by atoms with E-state index in [4.69, 9.17) is 5.73 Å². The van der Waals surface area contributed by atoms with E-state index in [9.17, 15) is 0 Å². The van der Waals surface area contributed by atoms with E-state index >= 15 is 0 Å². The van der Waals surface area contributed by atoms with Crippen molar-refractivity contribution >= 4 is 5.69 Å². The Bertz CT molecular complexity index is 760. The smallest absolute Gasteiger partial charge is 0.187 e. The van der Waals surface area contributed by atoms with Crippen molar-refractivity contribution in [2.75, 3.05) is 5.73 Å². The van der Waals surface area contributed by atoms with Gasteiger partial charge in [0, 0.05) is 11.3 Å². The SMILES string of the molecule is Cc1cccc(-n2nnnc2-c2cc(N)ccc2C)c1. The fraction of sp³-hybridized carbons (Fsp3) is 0.133. The van der Waals surface area contributed by atoms with Gasteiger partial charge in [-0.2, -0.15) is 4.68 Å². The van der Waals surface area contributed by atoms with Crippen LogP contribution in [0.4, 0.5) is 5.69 Å². The maximum absolute atomic E-state index is 5.87. The van der Waals surface area contributed by atoms with Crippen molar-refractivity contribution in [2.24, 2.45) is 0 Å². The average molecular weight is 265 g/mol. The van der Waals surface area contributed by atoms with Gasteiger partial charge in [0.25, 0.3) is 0 Å². The molecule has 0 saturated heterocycles. The number of tetrazole rings is 1. The first-order valence-electron chi connectivity index (χ1n) is 6.37. The number of nitrogen functional groups attached to an aromatic ring is 1. The highest BCUT2D eigenvalue weighted by molar-refractivity contribution is 5.66. The van der Waals surface area contributed by atoms with Crippen LogP contribution in [0.3, 0.4) is 0 Å². The molecular formula is C15H15N5. The monoisotopic (exact) mass is 265 g/mol. The third kappa shape index (κ3) is 2.14. The highest BCUT2D eigenvalue weighted by atomic mass is 15.5. The molecular weight excluding hydrogens is 250 g/mol. The first-order valence-corrected chi connectivity index (χ1v) is 6.37. The molecule has 3 aromatic rings. The Labute approximate surface area is 117 Å². The van der Waals surface area contributed by atoms with Gasteiger partial charge >= 0.3 is 0 Å². The molecule has 0 spiro atoms. The van der Waals surface area contributed by atoms with Gasteiger partial charge < -0.3 is 5.73 Å². The second-order valence-electron chi connectivity index (χ2n) is 4.83. The topological polar surface area (TPSA) is 69.6 Å². The Morgan fingerprint density at radius 1 is 1.05 bits per heavy atom. The van der Waals surface area contributed by atoms with E-state index in [1.54, 1.807) is 4.68 Å². The summed E-state index contributed by atoms with van der Waals surface area (Å²) in [5.41, 5.74) is 10.7. The van der Waals surface area contributed by atoms with Crippen LogP contribution in [0.1, 0.15) is 11.1 Å². The van der Waals surface area contributed by atoms with E-state index in [1.807, 2.05) is 56.3 Å². The van der Waals surface area contributed by atoms with Crippen LogP contribution in [-0.4, -0.2) is 20.2 Å². The molecule has 3 rings (SSSR count). The van der Waals surface area contributed by atoms with Gasteiger partial charge in [-0.15, -0.1) is 5.10 Å². The molecule has 1 aromatic heterocycles. The van der Waals surface area contributed by atoms with Gasteiger partial charge in [-0.05, 0) is 59.7 Å². The van der Waals surface area contributed by atoms with Crippen molar-refractivity contribution in [3.63, 3.8) is 0 Å². The zero-order valence-electron chi connectivity index (χ0n) is 11.4. The maximum Gasteiger partial charge on any atom is 0.187 e. The largest absolute Gasteiger partial charge is 0.399 e. The summed E-state index contributed by atoms with van der Waals surface area (Å²) < 4.78 is 1.73. The van der Waals surface area contributed by atoms with Gasteiger partial charge in [0.1, 0.15) is 0 Å². The van der Waals surface area contributed by atoms with Gasteiger partial charge in [-0.25, -0.2) is 0 Å². The lowest BCUT2D eigenvalue weighted by Gasteiger charge is -2.08. The number of rotatable bonds is 2. The molecule has 5 heteroatoms. The number of hydrogen-bond acceptors (Lipinski definition) is 4. The normalized spacial score (nSPS) is 10.7. The van der Waals surface area contributed by atoms with Crippen molar-refractivity contribution < 1.29 is 0 Å². The molecule has 100 valence electrons. The quantitative estimate of drug-likeness (QED) is 0.723. The van der Waals surface area contributed by atoms with E-state index in [-0.39, 0.29) is 0 Å². The summed E-state index contributed by atoms with van der Waals surface area (Å²) in [6, 6.07) is 13.8. The molecule has 5 nitrogen and oxygen atoms in total. The molecule has 0 aliphatic rings. The first-order chi connectivity index (χ1) is 9.65. The lowest BCUT2D eigenvalue weighted by molar-refractivity contribution is 0.790. The first kappa shape index (κ1) is 12.3. The van der Waals surface area contributed by atoms with Crippen LogP contribution < -0.4 is 5.73 Å². The van der Waals surface area contributed by atoms with E-state index in [1.165, 1.54) is 0 Å². The van der Waals surface area contributed by atoms with Crippen molar-refractivity contribution in [1.29, 1.82) is 0 Å². The maximum atomic E-state index is 5.87. The predicted molar refractivity (Wildman–Crippen MR) is 78.5 cm³/mol. The number of aromatic nitrogens is 4. The minimum Gasteiger partial charge on any atom is -0.399 e. The number of aryl methyl sites for hydroxylation is 2. The number of benzene rings is 2. The number of nitrogens with zero attached hydrogens (tertiary/aromatic N) is 4. The Morgan fingerprint density at radius 2 is 1.90 bits per heavy atom. The number of hydrogen-bond donors (Lipinski definition) is 1. The van der Waals surface area contributed by atoms with Crippen LogP contribution in [0.5, 0.6) is 0 Å². The third-order valence-corrected chi connectivity index (χ3v) is 3.22. The lowest BCUT2D eigenvalue weighted by atomic mass is 10.1. The Balaban J connectivity index is 2.18. The summed E-state index contributed by atoms with van der Waals surface area (Å²) in [5.74, 6) is 0.695. The molecule has 2 aromatic carbocycles. The van der Waals surface area contributed by atoms with E-state index < -0.39 is 0 Å². The fourth-order valence-electron chi connectivity index (χ4n) is 2.17. The Morgan fingerprint density at radius 3 is 2.70 bits per heavy atom. The number of anilines is 1. The molecule has 20 heavy (non-hydrogen) atoms. The summed E-state index contributed by atoms with van der Waals surface area (Å²) in [6.07, 6.45) is 0. The molecule has 0 aliphatic carbocycles. The zero-order chi connectivity index (χ0) is 14.1. The Kier molecular flexibility index (Phi) is 2.95. The minimum atomic E-state index is 0.695. The summed E-state index contributed by atoms with van der Waals surface area (Å²) in [7, 11) is 0. The summed E-state index contributed by atoms with van der Waals surface area (Å²) in [6.45, 7) is 4.06. The van der Waals surface area contributed by atoms with E-state index in [0.29, 0.717) is 11.5 Å². The number of nitrogens with two attached hydrogens (primary N) is 1. The van der Waals surface area contributed by atoms with Crippen molar-refractivity contribution in [1.82, 2.24) is 20.2 Å². The van der Waals surface area contributed by atoms with Crippen molar-refractivity contribution in [3.8, 4) is 17.1 Å². The van der Waals surface area contributed by atoms with Crippen LogP contribution in [0.15, 0.2) is 42.5 Å². The lowest BCUT2D eigenvalue weighted by Crippen LogP contribution is -2.01. The van der Waals surface area contributed by atoms with Crippen molar-refractivity contribution in [3.05, 3.63) is 53.6 Å². The second kappa shape index (κ2) is 4.77. The van der Waals surface area contributed by atoms with E-state index in [2.05, 4.69) is 15.5 Å². The zero-order valence-corrected chi connectivity index (χ0v) is 11.4. The van der Waals surface area contributed by atoms with Crippen LogP contribution in [0, 0.1) is 13.8 Å². The van der Waals surface area contributed by atoms with Crippen LogP contribution >= 0.6 is 0 Å². The van der Waals surface area contributed by atoms with Gasteiger partial charge in [-0.3, -0.25) is 0 Å². The van der Waals surface area contributed by atoms with Gasteiger partial charge in [0.2, 0.25) is 0 Å².